The average molecular weight is 566 g/mol. The first-order valence-corrected chi connectivity index (χ1v) is 11.7. The highest BCUT2D eigenvalue weighted by Crippen LogP contribution is 2.20. The number of nitrogens with one attached hydrogen (secondary N) is 2. The van der Waals surface area contributed by atoms with Crippen molar-refractivity contribution in [2.45, 2.75) is 39.3 Å². The molecule has 1 unspecified atom stereocenters. The van der Waals surface area contributed by atoms with Crippen molar-refractivity contribution in [1.29, 1.82) is 0 Å². The highest BCUT2D eigenvalue weighted by Gasteiger charge is 2.23. The molecule has 1 aromatic carbocycles. The highest BCUT2D eigenvalue weighted by atomic mass is 127. The molecule has 3 aromatic rings. The summed E-state index contributed by atoms with van der Waals surface area (Å²) in [6, 6.07) is 13.4. The van der Waals surface area contributed by atoms with E-state index in [2.05, 4.69) is 74.4 Å². The normalized spacial score (nSPS) is 16.2. The number of anilines is 1. The number of rotatable bonds is 7. The summed E-state index contributed by atoms with van der Waals surface area (Å²) in [6.07, 6.45) is 2.07. The van der Waals surface area contributed by atoms with Crippen molar-refractivity contribution in [1.82, 2.24) is 25.4 Å². The van der Waals surface area contributed by atoms with Crippen molar-refractivity contribution < 1.29 is 0 Å². The van der Waals surface area contributed by atoms with E-state index in [-0.39, 0.29) is 24.0 Å². The maximum atomic E-state index is 4.82. The maximum Gasteiger partial charge on any atom is 0.192 e. The first kappa shape index (κ1) is 24.5. The molecule has 0 aliphatic carbocycles. The van der Waals surface area contributed by atoms with E-state index < -0.39 is 0 Å². The Morgan fingerprint density at radius 2 is 2.00 bits per heavy atom. The molecule has 1 atom stereocenters. The van der Waals surface area contributed by atoms with Crippen molar-refractivity contribution >= 4 is 47.0 Å². The lowest BCUT2D eigenvalue weighted by Crippen LogP contribution is -2.45. The van der Waals surface area contributed by atoms with Crippen LogP contribution < -0.4 is 15.5 Å². The first-order chi connectivity index (χ1) is 15.1. The number of guanidine groups is 1. The summed E-state index contributed by atoms with van der Waals surface area (Å²) < 4.78 is 1.99. The van der Waals surface area contributed by atoms with Gasteiger partial charge >= 0.3 is 0 Å². The van der Waals surface area contributed by atoms with Crippen LogP contribution in [0.2, 0.25) is 0 Å². The fraction of sp³-hybridized carbons (Fsp3) is 0.435. The Morgan fingerprint density at radius 1 is 1.19 bits per heavy atom. The molecule has 0 amide bonds. The van der Waals surface area contributed by atoms with E-state index in [0.717, 1.165) is 50.1 Å². The summed E-state index contributed by atoms with van der Waals surface area (Å²) in [4.78, 5) is 8.63. The van der Waals surface area contributed by atoms with Gasteiger partial charge in [0.1, 0.15) is 12.4 Å². The predicted molar refractivity (Wildman–Crippen MR) is 143 cm³/mol. The molecule has 3 heterocycles. The lowest BCUT2D eigenvalue weighted by Gasteiger charge is -2.21. The summed E-state index contributed by atoms with van der Waals surface area (Å²) in [5.41, 5.74) is 2.58. The minimum atomic E-state index is 0. The summed E-state index contributed by atoms with van der Waals surface area (Å²) in [5, 5.41) is 17.7. The zero-order chi connectivity index (χ0) is 21.6. The van der Waals surface area contributed by atoms with Gasteiger partial charge in [-0.2, -0.15) is 0 Å². The van der Waals surface area contributed by atoms with Crippen LogP contribution in [0.15, 0.2) is 46.8 Å². The van der Waals surface area contributed by atoms with Crippen LogP contribution in [0, 0.1) is 13.8 Å². The quantitative estimate of drug-likeness (QED) is 0.260. The van der Waals surface area contributed by atoms with Gasteiger partial charge in [-0.3, -0.25) is 0 Å². The SMILES string of the molecule is Cc1ccc(N2CCC(NC(=NCc3nnc(C)n3C)NCCc3cccs3)C2)cc1.I. The Kier molecular flexibility index (Phi) is 8.92. The zero-order valence-corrected chi connectivity index (χ0v) is 22.1. The van der Waals surface area contributed by atoms with Gasteiger partial charge in [0.05, 0.1) is 0 Å². The van der Waals surface area contributed by atoms with Gasteiger partial charge in [0.2, 0.25) is 0 Å². The van der Waals surface area contributed by atoms with Crippen LogP contribution in [0.5, 0.6) is 0 Å². The molecule has 1 aliphatic heterocycles. The molecule has 2 aromatic heterocycles. The molecule has 7 nitrogen and oxygen atoms in total. The number of hydrogen-bond donors (Lipinski definition) is 2. The lowest BCUT2D eigenvalue weighted by molar-refractivity contribution is 0.643. The minimum absolute atomic E-state index is 0. The molecule has 32 heavy (non-hydrogen) atoms. The minimum Gasteiger partial charge on any atom is -0.369 e. The predicted octanol–water partition coefficient (Wildman–Crippen LogP) is 3.67. The zero-order valence-electron chi connectivity index (χ0n) is 18.9. The second kappa shape index (κ2) is 11.6. The topological polar surface area (TPSA) is 70.4 Å². The van der Waals surface area contributed by atoms with E-state index in [0.29, 0.717) is 12.6 Å². The molecule has 1 fully saturated rings. The highest BCUT2D eigenvalue weighted by molar-refractivity contribution is 14.0. The Balaban J connectivity index is 0.00000289. The Bertz CT molecular complexity index is 998. The van der Waals surface area contributed by atoms with Crippen LogP contribution in [-0.4, -0.2) is 46.4 Å². The number of thiophene rings is 1. The Hall–Kier alpha value is -2.14. The van der Waals surface area contributed by atoms with Gasteiger partial charge in [-0.25, -0.2) is 4.99 Å². The second-order valence-corrected chi connectivity index (χ2v) is 9.09. The molecule has 1 aliphatic rings. The van der Waals surface area contributed by atoms with E-state index in [4.69, 9.17) is 4.99 Å². The number of nitrogens with zero attached hydrogens (tertiary/aromatic N) is 5. The van der Waals surface area contributed by atoms with E-state index >= 15 is 0 Å². The fourth-order valence-corrected chi connectivity index (χ4v) is 4.42. The van der Waals surface area contributed by atoms with Gasteiger partial charge in [0.25, 0.3) is 0 Å². The molecule has 0 radical (unpaired) electrons. The van der Waals surface area contributed by atoms with Gasteiger partial charge < -0.3 is 20.1 Å². The number of aromatic nitrogens is 3. The molecule has 0 spiro atoms. The van der Waals surface area contributed by atoms with E-state index in [1.165, 1.54) is 16.1 Å². The van der Waals surface area contributed by atoms with Gasteiger partial charge in [-0.1, -0.05) is 23.8 Å². The summed E-state index contributed by atoms with van der Waals surface area (Å²) in [7, 11) is 1.98. The second-order valence-electron chi connectivity index (χ2n) is 8.05. The molecule has 2 N–H and O–H groups in total. The Morgan fingerprint density at radius 3 is 2.69 bits per heavy atom. The monoisotopic (exact) mass is 565 g/mol. The van der Waals surface area contributed by atoms with E-state index in [1.807, 2.05) is 18.5 Å². The molecule has 9 heteroatoms. The van der Waals surface area contributed by atoms with Gasteiger partial charge in [-0.05, 0) is 50.3 Å². The lowest BCUT2D eigenvalue weighted by atomic mass is 10.2. The largest absolute Gasteiger partial charge is 0.369 e. The number of aryl methyl sites for hydroxylation is 2. The third-order valence-corrected chi connectivity index (χ3v) is 6.67. The molecule has 0 bridgehead atoms. The average Bonchev–Trinajstić information content (AvgIpc) is 3.51. The summed E-state index contributed by atoms with van der Waals surface area (Å²) >= 11 is 1.79. The first-order valence-electron chi connectivity index (χ1n) is 10.8. The maximum absolute atomic E-state index is 4.82. The van der Waals surface area contributed by atoms with Crippen molar-refractivity contribution in [3.05, 3.63) is 63.9 Å². The van der Waals surface area contributed by atoms with E-state index in [1.54, 1.807) is 11.3 Å². The summed E-state index contributed by atoms with van der Waals surface area (Å²) in [5.74, 6) is 2.60. The van der Waals surface area contributed by atoms with Crippen molar-refractivity contribution in [2.75, 3.05) is 24.5 Å². The van der Waals surface area contributed by atoms with Crippen LogP contribution in [-0.2, 0) is 20.0 Å². The molecular formula is C23H32IN7S. The van der Waals surface area contributed by atoms with Crippen molar-refractivity contribution in [3.63, 3.8) is 0 Å². The van der Waals surface area contributed by atoms with Crippen LogP contribution in [0.25, 0.3) is 0 Å². The van der Waals surface area contributed by atoms with Crippen LogP contribution in [0.1, 0.15) is 28.5 Å². The van der Waals surface area contributed by atoms with Gasteiger partial charge in [-0.15, -0.1) is 45.5 Å². The number of halogens is 1. The molecule has 0 saturated carbocycles. The van der Waals surface area contributed by atoms with E-state index in [9.17, 15) is 0 Å². The standard InChI is InChI=1S/C23H31N7S.HI/c1-17-6-8-20(9-7-17)30-13-11-19(16-30)26-23(24-12-10-21-5-4-14-31-21)25-15-22-28-27-18(2)29(22)3;/h4-9,14,19H,10-13,15-16H2,1-3H3,(H2,24,25,26);1H. The molecule has 1 saturated heterocycles. The Labute approximate surface area is 211 Å². The van der Waals surface area contributed by atoms with Gasteiger partial charge in [0.15, 0.2) is 11.8 Å². The molecule has 4 rings (SSSR count). The van der Waals surface area contributed by atoms with Crippen LogP contribution in [0.4, 0.5) is 5.69 Å². The smallest absolute Gasteiger partial charge is 0.192 e. The number of aliphatic imine (C=N–C) groups is 1. The van der Waals surface area contributed by atoms with Crippen LogP contribution >= 0.6 is 35.3 Å². The van der Waals surface area contributed by atoms with Crippen molar-refractivity contribution in [2.24, 2.45) is 12.0 Å². The molecular weight excluding hydrogens is 533 g/mol. The van der Waals surface area contributed by atoms with Crippen molar-refractivity contribution in [3.8, 4) is 0 Å². The summed E-state index contributed by atoms with van der Waals surface area (Å²) in [6.45, 7) is 7.44. The molecule has 172 valence electrons. The number of benzene rings is 1. The third kappa shape index (κ3) is 6.44. The van der Waals surface area contributed by atoms with Gasteiger partial charge in [0, 0.05) is 43.3 Å². The van der Waals surface area contributed by atoms with Crippen LogP contribution in [0.3, 0.4) is 0 Å². The third-order valence-electron chi connectivity index (χ3n) is 5.73. The number of hydrogen-bond acceptors (Lipinski definition) is 5. The fourth-order valence-electron chi connectivity index (χ4n) is 3.71.